The third-order valence-corrected chi connectivity index (χ3v) is 2.08. The maximum absolute atomic E-state index is 11.1. The second-order valence-corrected chi connectivity index (χ2v) is 3.11. The van der Waals surface area contributed by atoms with Crippen molar-refractivity contribution in [2.24, 2.45) is 0 Å². The number of quaternary nitrogens is 1. The van der Waals surface area contributed by atoms with Gasteiger partial charge in [-0.3, -0.25) is 0 Å². The Morgan fingerprint density at radius 1 is 1.64 bits per heavy atom. The lowest BCUT2D eigenvalue weighted by Crippen LogP contribution is -2.92. The van der Waals surface area contributed by atoms with E-state index in [4.69, 9.17) is 4.74 Å². The lowest BCUT2D eigenvalue weighted by Gasteiger charge is -2.06. The van der Waals surface area contributed by atoms with Gasteiger partial charge in [-0.05, 0) is 13.8 Å². The molecule has 1 saturated heterocycles. The van der Waals surface area contributed by atoms with Gasteiger partial charge >= 0.3 is 5.97 Å². The van der Waals surface area contributed by atoms with E-state index in [0.29, 0.717) is 12.6 Å². The first-order valence-corrected chi connectivity index (χ1v) is 4.25. The molecule has 0 aliphatic carbocycles. The minimum absolute atomic E-state index is 0.0446. The van der Waals surface area contributed by atoms with E-state index in [-0.39, 0.29) is 12.0 Å². The summed E-state index contributed by atoms with van der Waals surface area (Å²) in [6.07, 6.45) is 2.10. The summed E-state index contributed by atoms with van der Waals surface area (Å²) in [4.78, 5) is 11.1. The second-order valence-electron chi connectivity index (χ2n) is 3.11. The lowest BCUT2D eigenvalue weighted by molar-refractivity contribution is -0.688. The number of hydrogen-bond acceptors (Lipinski definition) is 2. The molecule has 3 heteroatoms. The average molecular weight is 158 g/mol. The molecule has 2 atom stereocenters. The molecule has 1 aliphatic heterocycles. The first-order chi connectivity index (χ1) is 5.24. The molecule has 0 bridgehead atoms. The second kappa shape index (κ2) is 3.72. The van der Waals surface area contributed by atoms with E-state index in [1.165, 1.54) is 0 Å². The van der Waals surface area contributed by atoms with Crippen molar-refractivity contribution in [3.63, 3.8) is 0 Å². The van der Waals surface area contributed by atoms with E-state index in [0.717, 1.165) is 12.8 Å². The van der Waals surface area contributed by atoms with Crippen molar-refractivity contribution in [1.82, 2.24) is 0 Å². The van der Waals surface area contributed by atoms with Crippen LogP contribution in [0.3, 0.4) is 0 Å². The van der Waals surface area contributed by atoms with E-state index in [1.54, 1.807) is 0 Å². The Kier molecular flexibility index (Phi) is 2.88. The van der Waals surface area contributed by atoms with Gasteiger partial charge in [0.15, 0.2) is 6.04 Å². The minimum atomic E-state index is -0.0446. The summed E-state index contributed by atoms with van der Waals surface area (Å²) in [5.41, 5.74) is 0. The third-order valence-electron chi connectivity index (χ3n) is 2.08. The number of rotatable bonds is 2. The molecule has 0 amide bonds. The van der Waals surface area contributed by atoms with Gasteiger partial charge in [0.25, 0.3) is 0 Å². The SMILES string of the molecule is CCOC(=O)[C@@H]1CC[C@H](C)[NH2+]1. The molecule has 3 nitrogen and oxygen atoms in total. The number of hydrogen-bond donors (Lipinski definition) is 1. The van der Waals surface area contributed by atoms with E-state index in [2.05, 4.69) is 12.2 Å². The molecule has 0 saturated carbocycles. The third kappa shape index (κ3) is 2.19. The smallest absolute Gasteiger partial charge is 0.364 e. The van der Waals surface area contributed by atoms with Gasteiger partial charge in [-0.25, -0.2) is 4.79 Å². The van der Waals surface area contributed by atoms with Crippen LogP contribution in [0.4, 0.5) is 0 Å². The molecule has 1 heterocycles. The fraction of sp³-hybridized carbons (Fsp3) is 0.875. The first kappa shape index (κ1) is 8.53. The average Bonchev–Trinajstić information content (AvgIpc) is 2.36. The Bertz CT molecular complexity index is 147. The molecular formula is C8H16NO2+. The zero-order valence-corrected chi connectivity index (χ0v) is 7.17. The van der Waals surface area contributed by atoms with Crippen molar-refractivity contribution >= 4 is 5.97 Å². The van der Waals surface area contributed by atoms with Crippen LogP contribution >= 0.6 is 0 Å². The van der Waals surface area contributed by atoms with Gasteiger partial charge in [0, 0.05) is 12.8 Å². The van der Waals surface area contributed by atoms with Crippen LogP contribution in [0.5, 0.6) is 0 Å². The predicted octanol–water partition coefficient (Wildman–Crippen LogP) is -0.336. The summed E-state index contributed by atoms with van der Waals surface area (Å²) < 4.78 is 4.90. The van der Waals surface area contributed by atoms with Crippen molar-refractivity contribution in [3.05, 3.63) is 0 Å². The van der Waals surface area contributed by atoms with Gasteiger partial charge in [0.1, 0.15) is 0 Å². The molecule has 64 valence electrons. The molecule has 2 N–H and O–H groups in total. The summed E-state index contributed by atoms with van der Waals surface area (Å²) in [7, 11) is 0. The maximum atomic E-state index is 11.1. The fourth-order valence-corrected chi connectivity index (χ4v) is 1.48. The fourth-order valence-electron chi connectivity index (χ4n) is 1.48. The lowest BCUT2D eigenvalue weighted by atomic mass is 10.2. The maximum Gasteiger partial charge on any atom is 0.364 e. The van der Waals surface area contributed by atoms with Crippen molar-refractivity contribution in [3.8, 4) is 0 Å². The van der Waals surface area contributed by atoms with E-state index < -0.39 is 0 Å². The molecule has 0 unspecified atom stereocenters. The highest BCUT2D eigenvalue weighted by atomic mass is 16.5. The van der Waals surface area contributed by atoms with Crippen molar-refractivity contribution in [2.75, 3.05) is 6.61 Å². The van der Waals surface area contributed by atoms with Crippen LogP contribution < -0.4 is 5.32 Å². The standard InChI is InChI=1S/C8H15NO2/c1-3-11-8(10)7-5-4-6(2)9-7/h6-7,9H,3-5H2,1-2H3/p+1/t6-,7-/m0/s1. The Labute approximate surface area is 67.1 Å². The molecule has 0 aromatic carbocycles. The summed E-state index contributed by atoms with van der Waals surface area (Å²) >= 11 is 0. The number of carbonyl (C=O) groups is 1. The van der Waals surface area contributed by atoms with Crippen molar-refractivity contribution < 1.29 is 14.8 Å². The minimum Gasteiger partial charge on any atom is -0.462 e. The van der Waals surface area contributed by atoms with E-state index in [9.17, 15) is 4.79 Å². The molecule has 0 aromatic heterocycles. The quantitative estimate of drug-likeness (QED) is 0.559. The first-order valence-electron chi connectivity index (χ1n) is 4.25. The van der Waals surface area contributed by atoms with Crippen LogP contribution in [0.25, 0.3) is 0 Å². The highest BCUT2D eigenvalue weighted by molar-refractivity contribution is 5.74. The number of carbonyl (C=O) groups excluding carboxylic acids is 1. The van der Waals surface area contributed by atoms with Gasteiger partial charge in [0.2, 0.25) is 0 Å². The highest BCUT2D eigenvalue weighted by Gasteiger charge is 2.31. The van der Waals surface area contributed by atoms with Gasteiger partial charge < -0.3 is 10.1 Å². The van der Waals surface area contributed by atoms with Crippen LogP contribution in [0, 0.1) is 0 Å². The Morgan fingerprint density at radius 2 is 2.36 bits per heavy atom. The molecular weight excluding hydrogens is 142 g/mol. The van der Waals surface area contributed by atoms with Gasteiger partial charge in [-0.15, -0.1) is 0 Å². The summed E-state index contributed by atoms with van der Waals surface area (Å²) in [5.74, 6) is -0.0446. The number of esters is 1. The Hall–Kier alpha value is -0.570. The van der Waals surface area contributed by atoms with Crippen molar-refractivity contribution in [2.45, 2.75) is 38.8 Å². The van der Waals surface area contributed by atoms with E-state index in [1.807, 2.05) is 6.92 Å². The van der Waals surface area contributed by atoms with Crippen LogP contribution in [0.2, 0.25) is 0 Å². The van der Waals surface area contributed by atoms with Crippen LogP contribution in [-0.4, -0.2) is 24.7 Å². The molecule has 11 heavy (non-hydrogen) atoms. The van der Waals surface area contributed by atoms with Crippen LogP contribution in [0.15, 0.2) is 0 Å². The number of ether oxygens (including phenoxy) is 1. The monoisotopic (exact) mass is 158 g/mol. The van der Waals surface area contributed by atoms with Gasteiger partial charge in [-0.2, -0.15) is 0 Å². The van der Waals surface area contributed by atoms with Crippen molar-refractivity contribution in [1.29, 1.82) is 0 Å². The summed E-state index contributed by atoms with van der Waals surface area (Å²) in [6.45, 7) is 4.48. The van der Waals surface area contributed by atoms with Gasteiger partial charge in [0.05, 0.1) is 12.6 Å². The molecule has 0 radical (unpaired) electrons. The largest absolute Gasteiger partial charge is 0.462 e. The summed E-state index contributed by atoms with van der Waals surface area (Å²) in [6, 6.07) is 0.661. The zero-order valence-electron chi connectivity index (χ0n) is 7.17. The van der Waals surface area contributed by atoms with Crippen LogP contribution in [0.1, 0.15) is 26.7 Å². The molecule has 0 aromatic rings. The molecule has 1 aliphatic rings. The Balaban J connectivity index is 2.31. The summed E-state index contributed by atoms with van der Waals surface area (Å²) in [5, 5.41) is 2.10. The van der Waals surface area contributed by atoms with Gasteiger partial charge in [-0.1, -0.05) is 0 Å². The number of nitrogens with two attached hydrogens (primary N) is 1. The zero-order chi connectivity index (χ0) is 8.27. The normalized spacial score (nSPS) is 30.4. The van der Waals surface area contributed by atoms with Crippen LogP contribution in [-0.2, 0) is 9.53 Å². The van der Waals surface area contributed by atoms with E-state index >= 15 is 0 Å². The molecule has 1 fully saturated rings. The predicted molar refractivity (Wildman–Crippen MR) is 41.0 cm³/mol. The topological polar surface area (TPSA) is 42.9 Å². The molecule has 1 rings (SSSR count). The molecule has 0 spiro atoms. The highest BCUT2D eigenvalue weighted by Crippen LogP contribution is 2.04. The Morgan fingerprint density at radius 3 is 2.82 bits per heavy atom.